The maximum atomic E-state index is 12.5. The third-order valence-corrected chi connectivity index (χ3v) is 6.17. The molecule has 0 saturated carbocycles. The summed E-state index contributed by atoms with van der Waals surface area (Å²) in [6.45, 7) is 7.82. The molecule has 0 unspecified atom stereocenters. The number of sulfonamides is 1. The molecule has 0 heterocycles. The van der Waals surface area contributed by atoms with Gasteiger partial charge in [0.15, 0.2) is 0 Å². The normalized spacial score (nSPS) is 11.4. The average molecular weight is 446 g/mol. The van der Waals surface area contributed by atoms with E-state index in [1.54, 1.807) is 25.1 Å². The van der Waals surface area contributed by atoms with Crippen molar-refractivity contribution in [2.45, 2.75) is 52.0 Å². The van der Waals surface area contributed by atoms with Crippen molar-refractivity contribution in [1.29, 1.82) is 0 Å². The summed E-state index contributed by atoms with van der Waals surface area (Å²) in [4.78, 5) is 24.3. The van der Waals surface area contributed by atoms with Crippen LogP contribution in [0.3, 0.4) is 0 Å². The molecule has 168 valence electrons. The van der Waals surface area contributed by atoms with Gasteiger partial charge in [0, 0.05) is 31.6 Å². The van der Waals surface area contributed by atoms with Gasteiger partial charge in [-0.05, 0) is 54.7 Å². The Balaban J connectivity index is 1.82. The molecule has 0 aliphatic carbocycles. The van der Waals surface area contributed by atoms with Crippen molar-refractivity contribution in [3.8, 4) is 0 Å². The van der Waals surface area contributed by atoms with Crippen molar-refractivity contribution in [2.75, 3.05) is 11.9 Å². The van der Waals surface area contributed by atoms with Gasteiger partial charge in [-0.15, -0.1) is 0 Å². The molecule has 2 aromatic carbocycles. The first-order chi connectivity index (χ1) is 14.6. The largest absolute Gasteiger partial charge is 0.352 e. The van der Waals surface area contributed by atoms with Crippen LogP contribution in [-0.4, -0.2) is 26.8 Å². The molecule has 2 aromatic rings. The van der Waals surface area contributed by atoms with Gasteiger partial charge in [0.05, 0.1) is 4.90 Å². The first-order valence-electron chi connectivity index (χ1n) is 10.3. The monoisotopic (exact) mass is 445 g/mol. The van der Waals surface area contributed by atoms with E-state index < -0.39 is 10.0 Å². The number of carbonyl (C=O) groups is 2. The Labute approximate surface area is 184 Å². The fourth-order valence-electron chi connectivity index (χ4n) is 3.00. The maximum Gasteiger partial charge on any atom is 0.240 e. The number of anilines is 1. The molecule has 0 fully saturated rings. The van der Waals surface area contributed by atoms with Crippen LogP contribution in [0.4, 0.5) is 5.69 Å². The standard InChI is InChI=1S/C23H31N3O4S/c1-16(2)12-23(28)26-20-7-5-6-19(14-20)15-24-22(27)10-11-25-31(29,30)21-13-17(3)8-9-18(21)4/h5-9,13-14,16,25H,10-12,15H2,1-4H3,(H,24,27)(H,26,28). The fraction of sp³-hybridized carbons (Fsp3) is 0.391. The number of benzene rings is 2. The smallest absolute Gasteiger partial charge is 0.240 e. The molecule has 0 radical (unpaired) electrons. The minimum absolute atomic E-state index is 0.00679. The number of hydrogen-bond acceptors (Lipinski definition) is 4. The van der Waals surface area contributed by atoms with Crippen molar-refractivity contribution in [3.05, 3.63) is 59.2 Å². The van der Waals surface area contributed by atoms with Gasteiger partial charge < -0.3 is 10.6 Å². The van der Waals surface area contributed by atoms with Gasteiger partial charge in [0.1, 0.15) is 0 Å². The van der Waals surface area contributed by atoms with Gasteiger partial charge in [-0.2, -0.15) is 0 Å². The molecule has 3 N–H and O–H groups in total. The zero-order valence-electron chi connectivity index (χ0n) is 18.5. The van der Waals surface area contributed by atoms with E-state index in [9.17, 15) is 18.0 Å². The number of rotatable bonds is 10. The second-order valence-corrected chi connectivity index (χ2v) is 9.78. The number of hydrogen-bond donors (Lipinski definition) is 3. The Morgan fingerprint density at radius 3 is 2.45 bits per heavy atom. The van der Waals surface area contributed by atoms with Crippen LogP contribution in [0.2, 0.25) is 0 Å². The van der Waals surface area contributed by atoms with Gasteiger partial charge >= 0.3 is 0 Å². The number of amides is 2. The zero-order valence-corrected chi connectivity index (χ0v) is 19.3. The highest BCUT2D eigenvalue weighted by atomic mass is 32.2. The summed E-state index contributed by atoms with van der Waals surface area (Å²) in [5, 5.41) is 5.62. The zero-order chi connectivity index (χ0) is 23.0. The number of nitrogens with one attached hydrogen (secondary N) is 3. The summed E-state index contributed by atoms with van der Waals surface area (Å²) < 4.78 is 27.4. The predicted molar refractivity (Wildman–Crippen MR) is 122 cm³/mol. The SMILES string of the molecule is Cc1ccc(C)c(S(=O)(=O)NCCC(=O)NCc2cccc(NC(=O)CC(C)C)c2)c1. The second-order valence-electron chi connectivity index (χ2n) is 8.04. The number of carbonyl (C=O) groups excluding carboxylic acids is 2. The molecule has 0 atom stereocenters. The van der Waals surface area contributed by atoms with Crippen LogP contribution in [-0.2, 0) is 26.2 Å². The topological polar surface area (TPSA) is 104 Å². The first-order valence-corrected chi connectivity index (χ1v) is 11.8. The van der Waals surface area contributed by atoms with E-state index in [0.717, 1.165) is 11.1 Å². The van der Waals surface area contributed by atoms with Crippen LogP contribution < -0.4 is 15.4 Å². The van der Waals surface area contributed by atoms with E-state index >= 15 is 0 Å². The quantitative estimate of drug-likeness (QED) is 0.522. The van der Waals surface area contributed by atoms with E-state index in [4.69, 9.17) is 0 Å². The maximum absolute atomic E-state index is 12.5. The van der Waals surface area contributed by atoms with E-state index in [-0.39, 0.29) is 42.1 Å². The summed E-state index contributed by atoms with van der Waals surface area (Å²) in [5.41, 5.74) is 3.03. The van der Waals surface area contributed by atoms with Crippen molar-refractivity contribution in [2.24, 2.45) is 5.92 Å². The summed E-state index contributed by atoms with van der Waals surface area (Å²) in [5.74, 6) is -0.0417. The molecule has 0 aliphatic heterocycles. The fourth-order valence-corrected chi connectivity index (χ4v) is 4.36. The van der Waals surface area contributed by atoms with Gasteiger partial charge in [0.2, 0.25) is 21.8 Å². The van der Waals surface area contributed by atoms with Crippen LogP contribution in [0.15, 0.2) is 47.4 Å². The minimum Gasteiger partial charge on any atom is -0.352 e. The lowest BCUT2D eigenvalue weighted by atomic mass is 10.1. The Kier molecular flexibility index (Phi) is 8.76. The lowest BCUT2D eigenvalue weighted by Crippen LogP contribution is -2.31. The van der Waals surface area contributed by atoms with Gasteiger partial charge in [0.25, 0.3) is 0 Å². The van der Waals surface area contributed by atoms with E-state index in [1.165, 1.54) is 0 Å². The predicted octanol–water partition coefficient (Wildman–Crippen LogP) is 3.27. The Morgan fingerprint density at radius 1 is 1.00 bits per heavy atom. The van der Waals surface area contributed by atoms with Gasteiger partial charge in [-0.3, -0.25) is 9.59 Å². The van der Waals surface area contributed by atoms with Crippen molar-refractivity contribution < 1.29 is 18.0 Å². The molecule has 8 heteroatoms. The molecule has 31 heavy (non-hydrogen) atoms. The van der Waals surface area contributed by atoms with Crippen LogP contribution in [0.25, 0.3) is 0 Å². The highest BCUT2D eigenvalue weighted by molar-refractivity contribution is 7.89. The molecule has 2 rings (SSSR count). The van der Waals surface area contributed by atoms with E-state index in [2.05, 4.69) is 15.4 Å². The van der Waals surface area contributed by atoms with E-state index in [1.807, 2.05) is 45.0 Å². The summed E-state index contributed by atoms with van der Waals surface area (Å²) in [6, 6.07) is 12.5. The van der Waals surface area contributed by atoms with Crippen LogP contribution in [0.1, 0.15) is 43.4 Å². The van der Waals surface area contributed by atoms with Crippen LogP contribution in [0.5, 0.6) is 0 Å². The van der Waals surface area contributed by atoms with Gasteiger partial charge in [-0.1, -0.05) is 38.1 Å². The average Bonchev–Trinajstić information content (AvgIpc) is 2.67. The van der Waals surface area contributed by atoms with Crippen LogP contribution in [0, 0.1) is 19.8 Å². The summed E-state index contributed by atoms with van der Waals surface area (Å²) >= 11 is 0. The number of aryl methyl sites for hydroxylation is 2. The van der Waals surface area contributed by atoms with Gasteiger partial charge in [-0.25, -0.2) is 13.1 Å². The molecular weight excluding hydrogens is 414 g/mol. The van der Waals surface area contributed by atoms with Crippen LogP contribution >= 0.6 is 0 Å². The molecule has 0 spiro atoms. The van der Waals surface area contributed by atoms with Crippen molar-refractivity contribution in [1.82, 2.24) is 10.0 Å². The molecule has 0 bridgehead atoms. The molecular formula is C23H31N3O4S. The Morgan fingerprint density at radius 2 is 1.74 bits per heavy atom. The molecule has 7 nitrogen and oxygen atoms in total. The third kappa shape index (κ3) is 8.15. The first kappa shape index (κ1) is 24.6. The Bertz CT molecular complexity index is 1030. The van der Waals surface area contributed by atoms with E-state index in [0.29, 0.717) is 17.7 Å². The highest BCUT2D eigenvalue weighted by Crippen LogP contribution is 2.16. The molecule has 0 aromatic heterocycles. The Hall–Kier alpha value is -2.71. The molecule has 0 saturated heterocycles. The van der Waals surface area contributed by atoms with Crippen molar-refractivity contribution in [3.63, 3.8) is 0 Å². The minimum atomic E-state index is -3.67. The summed E-state index contributed by atoms with van der Waals surface area (Å²) in [7, 11) is -3.67. The molecule has 2 amide bonds. The summed E-state index contributed by atoms with van der Waals surface area (Å²) in [6.07, 6.45) is 0.466. The lowest BCUT2D eigenvalue weighted by Gasteiger charge is -2.11. The highest BCUT2D eigenvalue weighted by Gasteiger charge is 2.17. The lowest BCUT2D eigenvalue weighted by molar-refractivity contribution is -0.121. The molecule has 0 aliphatic rings. The second kappa shape index (κ2) is 11.1. The third-order valence-electron chi connectivity index (χ3n) is 4.57. The van der Waals surface area contributed by atoms with Crippen molar-refractivity contribution >= 4 is 27.5 Å².